The van der Waals surface area contributed by atoms with Crippen molar-refractivity contribution >= 4 is 39.1 Å². The molecule has 0 bridgehead atoms. The van der Waals surface area contributed by atoms with E-state index in [1.54, 1.807) is 5.57 Å². The molecular formula is C90H78. The van der Waals surface area contributed by atoms with Gasteiger partial charge in [0.25, 0.3) is 0 Å². The summed E-state index contributed by atoms with van der Waals surface area (Å²) in [6.07, 6.45) is 35.3. The third kappa shape index (κ3) is 7.43. The predicted octanol–water partition coefficient (Wildman–Crippen LogP) is 23.2. The number of fused-ring (bicyclic) bond motifs is 16. The second-order valence-electron chi connectivity index (χ2n) is 29.5. The zero-order chi connectivity index (χ0) is 60.9. The first-order chi connectivity index (χ1) is 43.7. The van der Waals surface area contributed by atoms with Crippen molar-refractivity contribution in [1.29, 1.82) is 0 Å². The predicted molar refractivity (Wildman–Crippen MR) is 381 cm³/mol. The molecule has 0 spiro atoms. The van der Waals surface area contributed by atoms with Gasteiger partial charge in [0.05, 0.1) is 0 Å². The lowest BCUT2D eigenvalue weighted by Crippen LogP contribution is -2.27. The van der Waals surface area contributed by atoms with E-state index in [0.29, 0.717) is 5.92 Å². The fourth-order valence-electron chi connectivity index (χ4n) is 19.8. The Labute approximate surface area is 533 Å². The van der Waals surface area contributed by atoms with Crippen molar-refractivity contribution in [3.8, 4) is 33.4 Å². The van der Waals surface area contributed by atoms with E-state index >= 15 is 0 Å². The molecule has 5 atom stereocenters. The molecule has 0 aromatic heterocycles. The number of allylic oxidation sites excluding steroid dienone is 21. The van der Waals surface area contributed by atoms with Crippen molar-refractivity contribution < 1.29 is 0 Å². The van der Waals surface area contributed by atoms with E-state index in [1.807, 2.05) is 0 Å². The number of rotatable bonds is 5. The van der Waals surface area contributed by atoms with Gasteiger partial charge in [-0.25, -0.2) is 0 Å². The molecule has 0 heterocycles. The summed E-state index contributed by atoms with van der Waals surface area (Å²) in [5, 5.41) is 2.75. The molecule has 0 fully saturated rings. The maximum atomic E-state index is 2.72. The lowest BCUT2D eigenvalue weighted by atomic mass is 9.62. The molecule has 0 saturated carbocycles. The summed E-state index contributed by atoms with van der Waals surface area (Å²) < 4.78 is 0. The highest BCUT2D eigenvalue weighted by molar-refractivity contribution is 6.05. The van der Waals surface area contributed by atoms with Crippen LogP contribution in [0.1, 0.15) is 171 Å². The summed E-state index contributed by atoms with van der Waals surface area (Å²) in [5.41, 5.74) is 42.9. The molecule has 0 amide bonds. The Hall–Kier alpha value is -8.84. The van der Waals surface area contributed by atoms with Crippen LogP contribution in [0.25, 0.3) is 72.5 Å². The fourth-order valence-corrected chi connectivity index (χ4v) is 19.8. The van der Waals surface area contributed by atoms with Crippen LogP contribution in [0.5, 0.6) is 0 Å². The van der Waals surface area contributed by atoms with Gasteiger partial charge in [0.2, 0.25) is 0 Å². The first-order valence-corrected chi connectivity index (χ1v) is 33.7. The monoisotopic (exact) mass is 1160 g/mol. The van der Waals surface area contributed by atoms with Crippen LogP contribution in [0.2, 0.25) is 0 Å². The molecular weight excluding hydrogens is 1080 g/mol. The second-order valence-corrected chi connectivity index (χ2v) is 29.5. The second kappa shape index (κ2) is 19.3. The van der Waals surface area contributed by atoms with Crippen LogP contribution in [0.3, 0.4) is 0 Å². The van der Waals surface area contributed by atoms with E-state index < -0.39 is 0 Å². The molecule has 0 aliphatic heterocycles. The molecule has 90 heavy (non-hydrogen) atoms. The van der Waals surface area contributed by atoms with Gasteiger partial charge in [0, 0.05) is 45.8 Å². The standard InChI is InChI=1S/C90H78/c1-51-59-22-10-11-23-62(59)75-46-54(36-44-73(75)83(51)56-38-41-67-64-25-14-17-33-77(64)88(4,5)80(67)48-56)61-30-21-32-72-76-47-55(37-45-74(76)85(53(3)87(61)72)58-40-43-69-66-27-16-19-35-79(66)90(8,9)82(69)50-58)60-29-20-31-71-63-24-12-13-28-70(63)84(52(2)86(60)71)57-39-42-68-65-26-15-18-34-78(65)89(6,7)81(68)49-57/h11-21,23-29,31-38,40-41,43-50,61,63,70,74,76H,10,22,30,39,42H2,1-9H3. The van der Waals surface area contributed by atoms with Gasteiger partial charge >= 0.3 is 0 Å². The van der Waals surface area contributed by atoms with Crippen LogP contribution >= 0.6 is 0 Å². The first-order valence-electron chi connectivity index (χ1n) is 33.7. The van der Waals surface area contributed by atoms with Crippen LogP contribution in [-0.2, 0) is 22.7 Å². The molecule has 0 nitrogen and oxygen atoms in total. The van der Waals surface area contributed by atoms with E-state index in [9.17, 15) is 0 Å². The van der Waals surface area contributed by atoms with Crippen molar-refractivity contribution in [2.45, 2.75) is 122 Å². The first kappa shape index (κ1) is 54.1. The zero-order valence-electron chi connectivity index (χ0n) is 53.7. The summed E-state index contributed by atoms with van der Waals surface area (Å²) >= 11 is 0. The van der Waals surface area contributed by atoms with Crippen LogP contribution in [0.4, 0.5) is 0 Å². The number of hydrogen-bond acceptors (Lipinski definition) is 0. The van der Waals surface area contributed by atoms with Gasteiger partial charge in [-0.15, -0.1) is 0 Å². The molecule has 0 saturated heterocycles. The van der Waals surface area contributed by atoms with E-state index in [-0.39, 0.29) is 39.9 Å². The van der Waals surface area contributed by atoms with Gasteiger partial charge in [-0.2, -0.15) is 0 Å². The van der Waals surface area contributed by atoms with Gasteiger partial charge in [-0.3, -0.25) is 0 Å². The largest absolute Gasteiger partial charge is 0.0836 e. The van der Waals surface area contributed by atoms with E-state index in [0.717, 1.165) is 32.1 Å². The molecule has 0 radical (unpaired) electrons. The Kier molecular flexibility index (Phi) is 11.6. The average Bonchev–Trinajstić information content (AvgIpc) is 2.19. The highest BCUT2D eigenvalue weighted by Gasteiger charge is 2.45. The minimum absolute atomic E-state index is 0.0325. The summed E-state index contributed by atoms with van der Waals surface area (Å²) in [6, 6.07) is 57.3. The molecule has 438 valence electrons. The summed E-state index contributed by atoms with van der Waals surface area (Å²) in [5.74, 6) is 1.07. The smallest absolute Gasteiger partial charge is 0.0159 e. The summed E-state index contributed by atoms with van der Waals surface area (Å²) in [6.45, 7) is 22.0. The van der Waals surface area contributed by atoms with Crippen molar-refractivity contribution in [2.24, 2.45) is 17.8 Å². The molecule has 10 aliphatic rings. The van der Waals surface area contributed by atoms with Crippen LogP contribution in [0.15, 0.2) is 246 Å². The highest BCUT2D eigenvalue weighted by atomic mass is 14.5. The van der Waals surface area contributed by atoms with Gasteiger partial charge in [0.15, 0.2) is 0 Å². The molecule has 8 aromatic carbocycles. The van der Waals surface area contributed by atoms with Crippen LogP contribution in [-0.4, -0.2) is 0 Å². The van der Waals surface area contributed by atoms with Crippen molar-refractivity contribution in [3.63, 3.8) is 0 Å². The van der Waals surface area contributed by atoms with E-state index in [4.69, 9.17) is 0 Å². The molecule has 5 unspecified atom stereocenters. The lowest BCUT2D eigenvalue weighted by molar-refractivity contribution is 0.616. The van der Waals surface area contributed by atoms with Crippen molar-refractivity contribution in [1.82, 2.24) is 0 Å². The Morgan fingerprint density at radius 2 is 1.09 bits per heavy atom. The lowest BCUT2D eigenvalue weighted by Gasteiger charge is -2.42. The summed E-state index contributed by atoms with van der Waals surface area (Å²) in [4.78, 5) is 0. The fraction of sp³-hybridized carbons (Fsp3) is 0.244. The average molecular weight is 1160 g/mol. The Bertz CT molecular complexity index is 4970. The molecule has 10 aliphatic carbocycles. The van der Waals surface area contributed by atoms with Gasteiger partial charge in [-0.05, 0) is 249 Å². The third-order valence-electron chi connectivity index (χ3n) is 24.1. The number of benzene rings is 8. The van der Waals surface area contributed by atoms with Crippen LogP contribution in [0, 0.1) is 24.7 Å². The SMILES string of the molecule is CC1=C(c2ccc3c(c2)C(C)(C)c2ccccc2-3)C2C=CC(c3cccc4c3C(C)=C(C3=CC5=C(CC3)c3ccccc3C5(C)C)C3C=CC=CC43)=CC2C2=C1C(c1ccc3c(-c4ccc5c(c4)C(C)(C)c4ccccc4-5)c(C)c4c(c3c1)C=CCC4)CC=C2. The molecule has 18 rings (SSSR count). The zero-order valence-corrected chi connectivity index (χ0v) is 53.7. The number of hydrogen-bond donors (Lipinski definition) is 0. The quantitative estimate of drug-likeness (QED) is 0.161. The van der Waals surface area contributed by atoms with Crippen LogP contribution < -0.4 is 0 Å². The van der Waals surface area contributed by atoms with Gasteiger partial charge in [-0.1, -0.05) is 242 Å². The minimum Gasteiger partial charge on any atom is -0.0836 e. The highest BCUT2D eigenvalue weighted by Crippen LogP contribution is 2.60. The van der Waals surface area contributed by atoms with E-state index in [2.05, 4.69) is 281 Å². The topological polar surface area (TPSA) is 0 Å². The molecule has 8 aromatic rings. The Morgan fingerprint density at radius 3 is 1.83 bits per heavy atom. The van der Waals surface area contributed by atoms with Crippen molar-refractivity contribution in [3.05, 3.63) is 324 Å². The Morgan fingerprint density at radius 1 is 0.444 bits per heavy atom. The minimum atomic E-state index is -0.110. The normalized spacial score (nSPS) is 23.5. The molecule has 0 heteroatoms. The van der Waals surface area contributed by atoms with E-state index in [1.165, 1.54) is 172 Å². The third-order valence-corrected chi connectivity index (χ3v) is 24.1. The van der Waals surface area contributed by atoms with Gasteiger partial charge in [0.1, 0.15) is 0 Å². The van der Waals surface area contributed by atoms with Crippen molar-refractivity contribution in [2.75, 3.05) is 0 Å². The molecule has 0 N–H and O–H groups in total. The maximum Gasteiger partial charge on any atom is 0.0159 e. The Balaban J connectivity index is 0.802. The summed E-state index contributed by atoms with van der Waals surface area (Å²) in [7, 11) is 0. The van der Waals surface area contributed by atoms with Gasteiger partial charge < -0.3 is 0 Å². The maximum absolute atomic E-state index is 2.72.